The molecule has 2 aromatic rings. The predicted octanol–water partition coefficient (Wildman–Crippen LogP) is 2.42. The fourth-order valence-corrected chi connectivity index (χ4v) is 2.11. The van der Waals surface area contributed by atoms with Gasteiger partial charge in [-0.05, 0) is 25.0 Å². The van der Waals surface area contributed by atoms with Crippen LogP contribution in [0.1, 0.15) is 24.7 Å². The van der Waals surface area contributed by atoms with Gasteiger partial charge < -0.3 is 10.3 Å². The molecular formula is C15H18N4. The van der Waals surface area contributed by atoms with E-state index in [2.05, 4.69) is 22.8 Å². The Bertz CT molecular complexity index is 620. The Kier molecular flexibility index (Phi) is 3.86. The van der Waals surface area contributed by atoms with Crippen molar-refractivity contribution >= 4 is 5.82 Å². The van der Waals surface area contributed by atoms with Crippen molar-refractivity contribution in [1.82, 2.24) is 14.5 Å². The highest BCUT2D eigenvalue weighted by Crippen LogP contribution is 2.28. The van der Waals surface area contributed by atoms with E-state index < -0.39 is 0 Å². The molecule has 4 nitrogen and oxygen atoms in total. The zero-order chi connectivity index (χ0) is 13.8. The van der Waals surface area contributed by atoms with Crippen molar-refractivity contribution in [3.8, 4) is 23.6 Å². The van der Waals surface area contributed by atoms with Crippen LogP contribution >= 0.6 is 0 Å². The fourth-order valence-electron chi connectivity index (χ4n) is 2.11. The predicted molar refractivity (Wildman–Crippen MR) is 77.4 cm³/mol. The van der Waals surface area contributed by atoms with E-state index in [1.165, 1.54) is 0 Å². The molecular weight excluding hydrogens is 236 g/mol. The molecule has 0 radical (unpaired) electrons. The quantitative estimate of drug-likeness (QED) is 0.852. The van der Waals surface area contributed by atoms with Crippen LogP contribution in [-0.2, 0) is 13.0 Å². The van der Waals surface area contributed by atoms with Crippen LogP contribution in [0, 0.1) is 19.3 Å². The number of aromatic nitrogens is 3. The lowest BCUT2D eigenvalue weighted by Crippen LogP contribution is -2.06. The number of anilines is 1. The zero-order valence-corrected chi connectivity index (χ0v) is 11.3. The van der Waals surface area contributed by atoms with E-state index in [-0.39, 0.29) is 0 Å². The highest BCUT2D eigenvalue weighted by molar-refractivity contribution is 5.73. The molecule has 0 atom stereocenters. The van der Waals surface area contributed by atoms with E-state index in [1.54, 1.807) is 12.4 Å². The maximum Gasteiger partial charge on any atom is 0.132 e. The Balaban J connectivity index is 2.56. The minimum absolute atomic E-state index is 0.452. The SMILES string of the molecule is C#CCn1c(CCC)nc(-c2cnccc2C)c1N. The van der Waals surface area contributed by atoms with E-state index in [9.17, 15) is 0 Å². The molecule has 0 saturated carbocycles. The van der Waals surface area contributed by atoms with Gasteiger partial charge in [-0.2, -0.15) is 0 Å². The number of aryl methyl sites for hydroxylation is 2. The standard InChI is InChI=1S/C15H18N4/c1-4-6-13-18-14(15(16)19(13)9-5-2)12-10-17-8-7-11(12)3/h2,7-8,10H,4,6,9,16H2,1,3H3. The summed E-state index contributed by atoms with van der Waals surface area (Å²) in [5.41, 5.74) is 9.05. The normalized spacial score (nSPS) is 10.4. The van der Waals surface area contributed by atoms with Crippen molar-refractivity contribution in [3.63, 3.8) is 0 Å². The lowest BCUT2D eigenvalue weighted by molar-refractivity contribution is 0.733. The van der Waals surface area contributed by atoms with Gasteiger partial charge in [0.1, 0.15) is 17.3 Å². The summed E-state index contributed by atoms with van der Waals surface area (Å²) in [7, 11) is 0. The lowest BCUT2D eigenvalue weighted by Gasteiger charge is -2.05. The van der Waals surface area contributed by atoms with Gasteiger partial charge in [0.25, 0.3) is 0 Å². The van der Waals surface area contributed by atoms with Gasteiger partial charge in [0.2, 0.25) is 0 Å². The van der Waals surface area contributed by atoms with Gasteiger partial charge in [-0.3, -0.25) is 4.98 Å². The fraction of sp³-hybridized carbons (Fsp3) is 0.333. The van der Waals surface area contributed by atoms with Gasteiger partial charge in [-0.15, -0.1) is 6.42 Å². The monoisotopic (exact) mass is 254 g/mol. The minimum atomic E-state index is 0.452. The van der Waals surface area contributed by atoms with Crippen LogP contribution in [0.3, 0.4) is 0 Å². The molecule has 0 aliphatic heterocycles. The van der Waals surface area contributed by atoms with Crippen LogP contribution in [0.25, 0.3) is 11.3 Å². The van der Waals surface area contributed by atoms with Crippen LogP contribution in [0.5, 0.6) is 0 Å². The number of terminal acetylenes is 1. The van der Waals surface area contributed by atoms with Crippen LogP contribution in [0.15, 0.2) is 18.5 Å². The first-order valence-corrected chi connectivity index (χ1v) is 6.38. The van der Waals surface area contributed by atoms with Crippen molar-refractivity contribution in [1.29, 1.82) is 0 Å². The number of hydrogen-bond acceptors (Lipinski definition) is 3. The largest absolute Gasteiger partial charge is 0.383 e. The van der Waals surface area contributed by atoms with Gasteiger partial charge in [0.05, 0.1) is 6.54 Å². The molecule has 0 saturated heterocycles. The summed E-state index contributed by atoms with van der Waals surface area (Å²) in [6.45, 7) is 4.59. The van der Waals surface area contributed by atoms with Crippen LogP contribution < -0.4 is 5.73 Å². The Morgan fingerprint density at radius 2 is 2.26 bits per heavy atom. The van der Waals surface area contributed by atoms with E-state index in [4.69, 9.17) is 12.2 Å². The molecule has 0 aliphatic rings. The number of nitrogens with two attached hydrogens (primary N) is 1. The van der Waals surface area contributed by atoms with Crippen molar-refractivity contribution in [2.24, 2.45) is 0 Å². The second-order valence-corrected chi connectivity index (χ2v) is 4.49. The molecule has 0 aromatic carbocycles. The van der Waals surface area contributed by atoms with Crippen LogP contribution in [-0.4, -0.2) is 14.5 Å². The summed E-state index contributed by atoms with van der Waals surface area (Å²) in [6, 6.07) is 1.95. The van der Waals surface area contributed by atoms with E-state index in [1.807, 2.05) is 17.6 Å². The highest BCUT2D eigenvalue weighted by Gasteiger charge is 2.16. The summed E-state index contributed by atoms with van der Waals surface area (Å²) in [6.07, 6.45) is 10.8. The van der Waals surface area contributed by atoms with Crippen LogP contribution in [0.4, 0.5) is 5.82 Å². The number of hydrogen-bond donors (Lipinski definition) is 1. The second kappa shape index (κ2) is 5.57. The first-order valence-electron chi connectivity index (χ1n) is 6.38. The number of imidazole rings is 1. The average molecular weight is 254 g/mol. The molecule has 0 fully saturated rings. The third-order valence-corrected chi connectivity index (χ3v) is 3.10. The van der Waals surface area contributed by atoms with E-state index >= 15 is 0 Å². The maximum atomic E-state index is 6.20. The van der Waals surface area contributed by atoms with Gasteiger partial charge >= 0.3 is 0 Å². The summed E-state index contributed by atoms with van der Waals surface area (Å²) >= 11 is 0. The molecule has 2 rings (SSSR count). The molecule has 0 bridgehead atoms. The van der Waals surface area contributed by atoms with Crippen molar-refractivity contribution in [3.05, 3.63) is 29.8 Å². The first kappa shape index (κ1) is 13.2. The lowest BCUT2D eigenvalue weighted by atomic mass is 10.1. The average Bonchev–Trinajstić information content (AvgIpc) is 2.69. The topological polar surface area (TPSA) is 56.7 Å². The molecule has 2 aromatic heterocycles. The summed E-state index contributed by atoms with van der Waals surface area (Å²) in [5, 5.41) is 0. The molecule has 4 heteroatoms. The molecule has 0 unspecified atom stereocenters. The molecule has 2 N–H and O–H groups in total. The molecule has 0 spiro atoms. The smallest absolute Gasteiger partial charge is 0.132 e. The van der Waals surface area contributed by atoms with E-state index in [0.717, 1.165) is 35.5 Å². The Labute approximate surface area is 113 Å². The second-order valence-electron chi connectivity index (χ2n) is 4.49. The summed E-state index contributed by atoms with van der Waals surface area (Å²) in [4.78, 5) is 8.80. The van der Waals surface area contributed by atoms with Crippen LogP contribution in [0.2, 0.25) is 0 Å². The molecule has 19 heavy (non-hydrogen) atoms. The van der Waals surface area contributed by atoms with Gasteiger partial charge in [0, 0.05) is 24.4 Å². The minimum Gasteiger partial charge on any atom is -0.383 e. The van der Waals surface area contributed by atoms with Gasteiger partial charge in [-0.1, -0.05) is 12.8 Å². The first-order chi connectivity index (χ1) is 9.19. The zero-order valence-electron chi connectivity index (χ0n) is 11.3. The van der Waals surface area contributed by atoms with Crippen molar-refractivity contribution in [2.45, 2.75) is 33.2 Å². The molecule has 2 heterocycles. The summed E-state index contributed by atoms with van der Waals surface area (Å²) in [5.74, 6) is 4.19. The number of pyridine rings is 1. The molecule has 0 aliphatic carbocycles. The Morgan fingerprint density at radius 1 is 1.47 bits per heavy atom. The number of nitrogens with zero attached hydrogens (tertiary/aromatic N) is 3. The highest BCUT2D eigenvalue weighted by atomic mass is 15.1. The molecule has 0 amide bonds. The molecule has 98 valence electrons. The van der Waals surface area contributed by atoms with Gasteiger partial charge in [-0.25, -0.2) is 4.98 Å². The third kappa shape index (κ3) is 2.45. The third-order valence-electron chi connectivity index (χ3n) is 3.10. The van der Waals surface area contributed by atoms with Crippen molar-refractivity contribution < 1.29 is 0 Å². The number of nitrogen functional groups attached to an aromatic ring is 1. The summed E-state index contributed by atoms with van der Waals surface area (Å²) < 4.78 is 1.91. The van der Waals surface area contributed by atoms with Gasteiger partial charge in [0.15, 0.2) is 0 Å². The van der Waals surface area contributed by atoms with E-state index in [0.29, 0.717) is 12.4 Å². The number of rotatable bonds is 4. The Morgan fingerprint density at radius 3 is 2.89 bits per heavy atom. The Hall–Kier alpha value is -2.28. The maximum absolute atomic E-state index is 6.20. The van der Waals surface area contributed by atoms with Crippen molar-refractivity contribution in [2.75, 3.05) is 5.73 Å².